The highest BCUT2D eigenvalue weighted by molar-refractivity contribution is 5.96. The molecule has 1 aliphatic heterocycles. The van der Waals surface area contributed by atoms with E-state index in [4.69, 9.17) is 14.2 Å². The first kappa shape index (κ1) is 21.5. The van der Waals surface area contributed by atoms with Gasteiger partial charge in [-0.25, -0.2) is 4.79 Å². The molecule has 154 valence electrons. The second-order valence-electron chi connectivity index (χ2n) is 6.43. The molecule has 2 rings (SSSR count). The Morgan fingerprint density at radius 3 is 2.61 bits per heavy atom. The molecular formula is C19H26N2O7. The summed E-state index contributed by atoms with van der Waals surface area (Å²) in [5.74, 6) is -0.914. The number of amides is 1. The van der Waals surface area contributed by atoms with Crippen molar-refractivity contribution in [3.63, 3.8) is 0 Å². The lowest BCUT2D eigenvalue weighted by Crippen LogP contribution is -2.45. The van der Waals surface area contributed by atoms with Gasteiger partial charge in [-0.15, -0.1) is 0 Å². The second kappa shape index (κ2) is 9.91. The highest BCUT2D eigenvalue weighted by atomic mass is 16.6. The summed E-state index contributed by atoms with van der Waals surface area (Å²) in [7, 11) is 1.36. The molecule has 0 aromatic heterocycles. The molecule has 1 heterocycles. The van der Waals surface area contributed by atoms with Gasteiger partial charge in [0.15, 0.2) is 18.1 Å². The first-order valence-corrected chi connectivity index (χ1v) is 9.38. The van der Waals surface area contributed by atoms with E-state index in [1.807, 2.05) is 6.92 Å². The molecule has 1 aliphatic rings. The smallest absolute Gasteiger partial charge is 0.345 e. The molecule has 0 bridgehead atoms. The van der Waals surface area contributed by atoms with E-state index < -0.39 is 23.2 Å². The van der Waals surface area contributed by atoms with E-state index in [0.717, 1.165) is 31.7 Å². The fourth-order valence-corrected chi connectivity index (χ4v) is 3.33. The molecule has 28 heavy (non-hydrogen) atoms. The molecule has 1 amide bonds. The third-order valence-corrected chi connectivity index (χ3v) is 4.74. The number of methoxy groups -OCH3 is 1. The second-order valence-corrected chi connectivity index (χ2v) is 6.43. The highest BCUT2D eigenvalue weighted by Gasteiger charge is 2.29. The van der Waals surface area contributed by atoms with Crippen LogP contribution in [0, 0.1) is 10.1 Å². The molecule has 1 saturated heterocycles. The topological polar surface area (TPSA) is 108 Å². The highest BCUT2D eigenvalue weighted by Crippen LogP contribution is 2.35. The maximum atomic E-state index is 12.5. The maximum absolute atomic E-state index is 12.5. The van der Waals surface area contributed by atoms with Crippen LogP contribution in [0.1, 0.15) is 49.9 Å². The van der Waals surface area contributed by atoms with Crippen molar-refractivity contribution in [1.29, 1.82) is 0 Å². The summed E-state index contributed by atoms with van der Waals surface area (Å²) in [6, 6.07) is 2.46. The van der Waals surface area contributed by atoms with E-state index in [-0.39, 0.29) is 35.6 Å². The SMILES string of the molecule is CCOc1cc([N+](=O)[O-])c(C(=O)OCC(=O)N2CCCC[C@@H]2CC)cc1OC. The monoisotopic (exact) mass is 394 g/mol. The standard InChI is InChI=1S/C19H26N2O7/c1-4-13-8-6-7-9-20(13)18(22)12-28-19(23)14-10-16(26-3)17(27-5-2)11-15(14)21(24)25/h10-11,13H,4-9,12H2,1-3H3/t13-/m0/s1. The maximum Gasteiger partial charge on any atom is 0.345 e. The number of nitrogens with zero attached hydrogens (tertiary/aromatic N) is 2. The van der Waals surface area contributed by atoms with E-state index in [9.17, 15) is 19.7 Å². The van der Waals surface area contributed by atoms with Crippen molar-refractivity contribution >= 4 is 17.6 Å². The molecule has 9 heteroatoms. The number of carbonyl (C=O) groups is 2. The number of nitro benzene ring substituents is 1. The molecule has 1 atom stereocenters. The molecule has 0 spiro atoms. The van der Waals surface area contributed by atoms with Crippen molar-refractivity contribution in [2.75, 3.05) is 26.9 Å². The lowest BCUT2D eigenvalue weighted by molar-refractivity contribution is -0.385. The predicted octanol–water partition coefficient (Wildman–Crippen LogP) is 2.95. The van der Waals surface area contributed by atoms with Crippen LogP contribution in [-0.4, -0.2) is 54.6 Å². The van der Waals surface area contributed by atoms with Crippen molar-refractivity contribution in [3.8, 4) is 11.5 Å². The van der Waals surface area contributed by atoms with Crippen molar-refractivity contribution < 1.29 is 28.7 Å². The van der Waals surface area contributed by atoms with Gasteiger partial charge in [-0.3, -0.25) is 14.9 Å². The van der Waals surface area contributed by atoms with Crippen LogP contribution in [0.3, 0.4) is 0 Å². The Labute approximate surface area is 163 Å². The lowest BCUT2D eigenvalue weighted by atomic mass is 10.00. The Morgan fingerprint density at radius 2 is 2.00 bits per heavy atom. The van der Waals surface area contributed by atoms with E-state index in [0.29, 0.717) is 6.54 Å². The minimum absolute atomic E-state index is 0.139. The zero-order chi connectivity index (χ0) is 20.7. The molecule has 9 nitrogen and oxygen atoms in total. The molecular weight excluding hydrogens is 368 g/mol. The molecule has 1 aromatic rings. The summed E-state index contributed by atoms with van der Waals surface area (Å²) in [5, 5.41) is 11.4. The van der Waals surface area contributed by atoms with Gasteiger partial charge in [0, 0.05) is 18.7 Å². The number of benzene rings is 1. The van der Waals surface area contributed by atoms with Gasteiger partial charge in [0.2, 0.25) is 0 Å². The molecule has 0 radical (unpaired) electrons. The molecule has 0 N–H and O–H groups in total. The van der Waals surface area contributed by atoms with Crippen LogP contribution < -0.4 is 9.47 Å². The Morgan fingerprint density at radius 1 is 1.25 bits per heavy atom. The zero-order valence-electron chi connectivity index (χ0n) is 16.4. The van der Waals surface area contributed by atoms with Gasteiger partial charge in [0.1, 0.15) is 5.56 Å². The number of rotatable bonds is 8. The number of piperidine rings is 1. The Balaban J connectivity index is 2.16. The average molecular weight is 394 g/mol. The molecule has 0 saturated carbocycles. The van der Waals surface area contributed by atoms with E-state index >= 15 is 0 Å². The molecule has 0 aliphatic carbocycles. The summed E-state index contributed by atoms with van der Waals surface area (Å²) in [4.78, 5) is 37.3. The molecule has 0 unspecified atom stereocenters. The molecule has 1 fully saturated rings. The van der Waals surface area contributed by atoms with Crippen LogP contribution in [0.4, 0.5) is 5.69 Å². The van der Waals surface area contributed by atoms with Crippen molar-refractivity contribution in [3.05, 3.63) is 27.8 Å². The summed E-state index contributed by atoms with van der Waals surface area (Å²) in [6.07, 6.45) is 3.75. The Bertz CT molecular complexity index is 735. The lowest BCUT2D eigenvalue weighted by Gasteiger charge is -2.35. The van der Waals surface area contributed by atoms with Gasteiger partial charge in [-0.1, -0.05) is 6.92 Å². The average Bonchev–Trinajstić information content (AvgIpc) is 2.71. The van der Waals surface area contributed by atoms with Crippen molar-refractivity contribution in [1.82, 2.24) is 4.90 Å². The summed E-state index contributed by atoms with van der Waals surface area (Å²) in [5.41, 5.74) is -0.755. The summed E-state index contributed by atoms with van der Waals surface area (Å²) < 4.78 is 15.6. The van der Waals surface area contributed by atoms with Gasteiger partial charge < -0.3 is 19.1 Å². The van der Waals surface area contributed by atoms with Crippen LogP contribution in [0.25, 0.3) is 0 Å². The Hall–Kier alpha value is -2.84. The normalized spacial score (nSPS) is 16.4. The number of esters is 1. The number of ether oxygens (including phenoxy) is 3. The van der Waals surface area contributed by atoms with Crippen molar-refractivity contribution in [2.45, 2.75) is 45.6 Å². The minimum atomic E-state index is -0.952. The van der Waals surface area contributed by atoms with Crippen LogP contribution in [0.15, 0.2) is 12.1 Å². The number of hydrogen-bond donors (Lipinski definition) is 0. The Kier molecular flexibility index (Phi) is 7.60. The number of likely N-dealkylation sites (tertiary alicyclic amines) is 1. The van der Waals surface area contributed by atoms with E-state index in [1.54, 1.807) is 11.8 Å². The van der Waals surface area contributed by atoms with Gasteiger partial charge in [-0.2, -0.15) is 0 Å². The third kappa shape index (κ3) is 4.90. The summed E-state index contributed by atoms with van der Waals surface area (Å²) >= 11 is 0. The van der Waals surface area contributed by atoms with E-state index in [1.165, 1.54) is 13.2 Å². The van der Waals surface area contributed by atoms with Gasteiger partial charge >= 0.3 is 5.97 Å². The van der Waals surface area contributed by atoms with Crippen LogP contribution in [-0.2, 0) is 9.53 Å². The largest absolute Gasteiger partial charge is 0.493 e. The van der Waals surface area contributed by atoms with Gasteiger partial charge in [0.05, 0.1) is 24.7 Å². The quantitative estimate of drug-likeness (QED) is 0.379. The first-order chi connectivity index (χ1) is 13.4. The molecule has 1 aromatic carbocycles. The first-order valence-electron chi connectivity index (χ1n) is 9.38. The third-order valence-electron chi connectivity index (χ3n) is 4.74. The van der Waals surface area contributed by atoms with Crippen LogP contribution >= 0.6 is 0 Å². The van der Waals surface area contributed by atoms with Crippen molar-refractivity contribution in [2.24, 2.45) is 0 Å². The number of nitro groups is 1. The van der Waals surface area contributed by atoms with E-state index in [2.05, 4.69) is 0 Å². The zero-order valence-corrected chi connectivity index (χ0v) is 16.4. The predicted molar refractivity (Wildman–Crippen MR) is 101 cm³/mol. The minimum Gasteiger partial charge on any atom is -0.493 e. The number of carbonyl (C=O) groups excluding carboxylic acids is 2. The van der Waals surface area contributed by atoms with Gasteiger partial charge in [0.25, 0.3) is 11.6 Å². The summed E-state index contributed by atoms with van der Waals surface area (Å²) in [6.45, 7) is 4.19. The fraction of sp³-hybridized carbons (Fsp3) is 0.579. The van der Waals surface area contributed by atoms with Crippen LogP contribution in [0.5, 0.6) is 11.5 Å². The van der Waals surface area contributed by atoms with Gasteiger partial charge in [-0.05, 0) is 32.6 Å². The van der Waals surface area contributed by atoms with Crippen LogP contribution in [0.2, 0.25) is 0 Å². The number of hydrogen-bond acceptors (Lipinski definition) is 7. The fourth-order valence-electron chi connectivity index (χ4n) is 3.33.